The minimum absolute atomic E-state index is 0.260. The maximum absolute atomic E-state index is 11.8. The molecule has 0 aliphatic heterocycles. The number of hydrogen-bond donors (Lipinski definition) is 1. The van der Waals surface area contributed by atoms with Crippen LogP contribution in [0.1, 0.15) is 36.8 Å². The monoisotopic (exact) mass is 355 g/mol. The molecule has 3 heteroatoms. The minimum atomic E-state index is -0.725. The van der Waals surface area contributed by atoms with Crippen LogP contribution in [0.4, 0.5) is 5.69 Å². The molecule has 2 nitrogen and oxygen atoms in total. The van der Waals surface area contributed by atoms with Crippen molar-refractivity contribution in [2.24, 2.45) is 5.92 Å². The van der Waals surface area contributed by atoms with Crippen LogP contribution in [0.2, 0.25) is 0 Å². The Kier molecular flexibility index (Phi) is 5.75. The first-order valence-corrected chi connectivity index (χ1v) is 10.4. The third-order valence-electron chi connectivity index (χ3n) is 5.55. The lowest BCUT2D eigenvalue weighted by Crippen LogP contribution is -2.39. The molecule has 0 heterocycles. The van der Waals surface area contributed by atoms with E-state index in [9.17, 15) is 5.11 Å². The maximum atomic E-state index is 11.8. The molecule has 2 atom stereocenters. The van der Waals surface area contributed by atoms with E-state index in [-0.39, 0.29) is 5.92 Å². The predicted octanol–water partition coefficient (Wildman–Crippen LogP) is 5.10. The van der Waals surface area contributed by atoms with E-state index in [2.05, 4.69) is 73.8 Å². The van der Waals surface area contributed by atoms with Gasteiger partial charge in [0.1, 0.15) is 0 Å². The molecule has 2 unspecified atom stereocenters. The summed E-state index contributed by atoms with van der Waals surface area (Å²) in [6, 6.07) is 17.0. The Morgan fingerprint density at radius 2 is 1.80 bits per heavy atom. The highest BCUT2D eigenvalue weighted by Crippen LogP contribution is 2.46. The van der Waals surface area contributed by atoms with E-state index < -0.39 is 5.60 Å². The number of para-hydroxylation sites is 1. The number of hydrogen-bond acceptors (Lipinski definition) is 3. The van der Waals surface area contributed by atoms with Crippen LogP contribution in [0.25, 0.3) is 0 Å². The van der Waals surface area contributed by atoms with Crippen LogP contribution in [0.15, 0.2) is 53.4 Å². The second-order valence-electron chi connectivity index (χ2n) is 7.29. The molecule has 1 fully saturated rings. The molecule has 0 bridgehead atoms. The average Bonchev–Trinajstić information content (AvgIpc) is 2.64. The highest BCUT2D eigenvalue weighted by molar-refractivity contribution is 7.98. The summed E-state index contributed by atoms with van der Waals surface area (Å²) in [7, 11) is 4.18. The molecule has 1 N–H and O–H groups in total. The van der Waals surface area contributed by atoms with Crippen molar-refractivity contribution in [2.45, 2.75) is 42.6 Å². The van der Waals surface area contributed by atoms with Gasteiger partial charge in [0.05, 0.1) is 5.60 Å². The fraction of sp³-hybridized carbons (Fsp3) is 0.455. The molecule has 1 aliphatic rings. The summed E-state index contributed by atoms with van der Waals surface area (Å²) in [5.41, 5.74) is 2.99. The molecular weight excluding hydrogens is 326 g/mol. The third kappa shape index (κ3) is 3.73. The Labute approximate surface area is 156 Å². The standard InChI is InChI=1S/C22H29NOS/c1-23(2)20-13-6-4-10-17(20)16-18-11-8-9-15-22(18,24)19-12-5-7-14-21(19)25-3/h4-7,10,12-14,18,24H,8-9,11,15-16H2,1-3H3. The SMILES string of the molecule is CSc1ccccc1C1(O)CCCCC1Cc1ccccc1N(C)C. The Hall–Kier alpha value is -1.45. The summed E-state index contributed by atoms with van der Waals surface area (Å²) < 4.78 is 0. The lowest BCUT2D eigenvalue weighted by molar-refractivity contribution is -0.0563. The molecule has 134 valence electrons. The van der Waals surface area contributed by atoms with Gasteiger partial charge in [-0.3, -0.25) is 0 Å². The number of aliphatic hydroxyl groups is 1. The van der Waals surface area contributed by atoms with Gasteiger partial charge >= 0.3 is 0 Å². The van der Waals surface area contributed by atoms with E-state index in [1.165, 1.54) is 22.6 Å². The van der Waals surface area contributed by atoms with Crippen molar-refractivity contribution < 1.29 is 5.11 Å². The van der Waals surface area contributed by atoms with E-state index in [0.717, 1.165) is 31.2 Å². The van der Waals surface area contributed by atoms with Gasteiger partial charge in [-0.1, -0.05) is 49.2 Å². The van der Waals surface area contributed by atoms with Gasteiger partial charge < -0.3 is 10.0 Å². The van der Waals surface area contributed by atoms with Gasteiger partial charge in [-0.05, 0) is 54.7 Å². The third-order valence-corrected chi connectivity index (χ3v) is 6.34. The Bertz CT molecular complexity index is 715. The van der Waals surface area contributed by atoms with Crippen LogP contribution in [0.3, 0.4) is 0 Å². The van der Waals surface area contributed by atoms with Gasteiger partial charge in [-0.25, -0.2) is 0 Å². The van der Waals surface area contributed by atoms with Crippen LogP contribution in [-0.2, 0) is 12.0 Å². The van der Waals surface area contributed by atoms with E-state index in [0.29, 0.717) is 0 Å². The van der Waals surface area contributed by atoms with Crippen LogP contribution in [-0.4, -0.2) is 25.5 Å². The number of benzene rings is 2. The van der Waals surface area contributed by atoms with Crippen LogP contribution >= 0.6 is 11.8 Å². The number of nitrogens with zero attached hydrogens (tertiary/aromatic N) is 1. The minimum Gasteiger partial charge on any atom is -0.385 e. The number of anilines is 1. The normalized spacial score (nSPS) is 23.4. The van der Waals surface area contributed by atoms with Crippen LogP contribution in [0.5, 0.6) is 0 Å². The zero-order valence-corrected chi connectivity index (χ0v) is 16.4. The van der Waals surface area contributed by atoms with E-state index in [4.69, 9.17) is 0 Å². The summed E-state index contributed by atoms with van der Waals surface area (Å²) in [6.07, 6.45) is 7.28. The van der Waals surface area contributed by atoms with Crippen molar-refractivity contribution in [3.05, 3.63) is 59.7 Å². The van der Waals surface area contributed by atoms with Crippen molar-refractivity contribution in [1.82, 2.24) is 0 Å². The molecule has 0 spiro atoms. The lowest BCUT2D eigenvalue weighted by Gasteiger charge is -2.42. The van der Waals surface area contributed by atoms with Crippen molar-refractivity contribution in [2.75, 3.05) is 25.3 Å². The second kappa shape index (κ2) is 7.84. The topological polar surface area (TPSA) is 23.5 Å². The Morgan fingerprint density at radius 3 is 2.56 bits per heavy atom. The molecule has 3 rings (SSSR count). The van der Waals surface area contributed by atoms with Gasteiger partial charge in [-0.15, -0.1) is 11.8 Å². The van der Waals surface area contributed by atoms with Crippen LogP contribution < -0.4 is 4.90 Å². The largest absolute Gasteiger partial charge is 0.385 e. The zero-order chi connectivity index (χ0) is 17.9. The van der Waals surface area contributed by atoms with Gasteiger partial charge in [-0.2, -0.15) is 0 Å². The summed E-state index contributed by atoms with van der Waals surface area (Å²) >= 11 is 1.74. The molecule has 0 radical (unpaired) electrons. The van der Waals surface area contributed by atoms with E-state index in [1.54, 1.807) is 11.8 Å². The van der Waals surface area contributed by atoms with Gasteiger partial charge in [0.2, 0.25) is 0 Å². The van der Waals surface area contributed by atoms with Crippen molar-refractivity contribution in [1.29, 1.82) is 0 Å². The van der Waals surface area contributed by atoms with Crippen LogP contribution in [0, 0.1) is 5.92 Å². The van der Waals surface area contributed by atoms with E-state index in [1.807, 2.05) is 0 Å². The highest BCUT2D eigenvalue weighted by Gasteiger charge is 2.41. The second-order valence-corrected chi connectivity index (χ2v) is 8.14. The molecule has 0 saturated heterocycles. The Morgan fingerprint density at radius 1 is 1.08 bits per heavy atom. The molecule has 25 heavy (non-hydrogen) atoms. The summed E-state index contributed by atoms with van der Waals surface area (Å²) in [4.78, 5) is 3.38. The molecule has 2 aromatic carbocycles. The highest BCUT2D eigenvalue weighted by atomic mass is 32.2. The van der Waals surface area contributed by atoms with E-state index >= 15 is 0 Å². The number of thioether (sulfide) groups is 1. The Balaban J connectivity index is 1.97. The fourth-order valence-corrected chi connectivity index (χ4v) is 4.92. The first-order valence-electron chi connectivity index (χ1n) is 9.17. The average molecular weight is 356 g/mol. The zero-order valence-electron chi connectivity index (χ0n) is 15.5. The molecule has 2 aromatic rings. The smallest absolute Gasteiger partial charge is 0.0938 e. The molecule has 0 aromatic heterocycles. The van der Waals surface area contributed by atoms with Crippen molar-refractivity contribution >= 4 is 17.4 Å². The molecular formula is C22H29NOS. The quantitative estimate of drug-likeness (QED) is 0.755. The van der Waals surface area contributed by atoms with Gasteiger partial charge in [0.15, 0.2) is 0 Å². The summed E-state index contributed by atoms with van der Waals surface area (Å²) in [5, 5.41) is 11.8. The lowest BCUT2D eigenvalue weighted by atomic mass is 9.69. The van der Waals surface area contributed by atoms with Crippen molar-refractivity contribution in [3.8, 4) is 0 Å². The van der Waals surface area contributed by atoms with Crippen molar-refractivity contribution in [3.63, 3.8) is 0 Å². The van der Waals surface area contributed by atoms with Gasteiger partial charge in [0, 0.05) is 24.7 Å². The summed E-state index contributed by atoms with van der Waals surface area (Å²) in [6.45, 7) is 0. The fourth-order valence-electron chi connectivity index (χ4n) is 4.24. The molecule has 0 amide bonds. The van der Waals surface area contributed by atoms with Gasteiger partial charge in [0.25, 0.3) is 0 Å². The first-order chi connectivity index (χ1) is 12.1. The maximum Gasteiger partial charge on any atom is 0.0938 e. The summed E-state index contributed by atoms with van der Waals surface area (Å²) in [5.74, 6) is 0.260. The first kappa shape index (κ1) is 18.3. The molecule has 1 aliphatic carbocycles. The predicted molar refractivity (Wildman–Crippen MR) is 109 cm³/mol. The molecule has 1 saturated carbocycles. The number of rotatable bonds is 5.